The van der Waals surface area contributed by atoms with Gasteiger partial charge in [-0.1, -0.05) is 0 Å². The number of aromatic nitrogens is 1. The molecule has 1 N–H and O–H groups in total. The Morgan fingerprint density at radius 3 is 2.74 bits per heavy atom. The summed E-state index contributed by atoms with van der Waals surface area (Å²) in [7, 11) is 3.73. The van der Waals surface area contributed by atoms with Crippen molar-refractivity contribution in [2.45, 2.75) is 25.1 Å². The van der Waals surface area contributed by atoms with E-state index in [1.807, 2.05) is 23.6 Å². The van der Waals surface area contributed by atoms with Gasteiger partial charge in [0.15, 0.2) is 11.6 Å². The molecule has 2 aromatic rings. The van der Waals surface area contributed by atoms with Crippen molar-refractivity contribution in [3.05, 3.63) is 35.5 Å². The average Bonchev–Trinajstić information content (AvgIpc) is 2.73. The van der Waals surface area contributed by atoms with Crippen molar-refractivity contribution < 1.29 is 13.9 Å². The number of halogens is 2. The molecule has 0 amide bonds. The minimum absolute atomic E-state index is 0.194. The smallest absolute Gasteiger partial charge is 0.168 e. The number of nitrogens with zero attached hydrogens (tertiary/aromatic N) is 2. The van der Waals surface area contributed by atoms with Crippen LogP contribution in [0, 0.1) is 11.6 Å². The summed E-state index contributed by atoms with van der Waals surface area (Å²) in [6.45, 7) is 2.20. The normalized spacial score (nSPS) is 26.4. The Morgan fingerprint density at radius 2 is 2.11 bits per heavy atom. The van der Waals surface area contributed by atoms with Crippen LogP contribution in [0.4, 0.5) is 8.78 Å². The Morgan fingerprint density at radius 1 is 1.42 bits per heavy atom. The molecule has 1 aliphatic heterocycles. The van der Waals surface area contributed by atoms with Crippen LogP contribution in [0.15, 0.2) is 18.3 Å². The summed E-state index contributed by atoms with van der Waals surface area (Å²) in [5.74, 6) is -1.77. The van der Waals surface area contributed by atoms with Crippen molar-refractivity contribution in [1.82, 2.24) is 9.47 Å². The first-order valence-electron chi connectivity index (χ1n) is 6.20. The van der Waals surface area contributed by atoms with Gasteiger partial charge in [-0.25, -0.2) is 8.78 Å². The van der Waals surface area contributed by atoms with Gasteiger partial charge in [-0.2, -0.15) is 0 Å². The standard InChI is InChI=1S/C14H16F2N2O/c1-14(19)9-6-10(15)12(16)8-4-5-18(13(8)9)7-11(14)17(2)3/h4-6,11,19H,7H2,1-3H3/t11-,14?/m1/s1. The molecule has 2 heterocycles. The fourth-order valence-electron chi connectivity index (χ4n) is 3.08. The molecule has 3 nitrogen and oxygen atoms in total. The fourth-order valence-corrected chi connectivity index (χ4v) is 3.08. The first kappa shape index (κ1) is 12.6. The molecule has 1 aliphatic rings. The Hall–Kier alpha value is -1.46. The molecule has 0 saturated heterocycles. The average molecular weight is 266 g/mol. The Bertz CT molecular complexity index is 661. The van der Waals surface area contributed by atoms with Gasteiger partial charge in [0.05, 0.1) is 11.6 Å². The van der Waals surface area contributed by atoms with Crippen molar-refractivity contribution >= 4 is 10.9 Å². The number of likely N-dealkylation sites (N-methyl/N-ethyl adjacent to an activating group) is 1. The molecule has 1 unspecified atom stereocenters. The van der Waals surface area contributed by atoms with Crippen LogP contribution in [-0.4, -0.2) is 34.7 Å². The van der Waals surface area contributed by atoms with Crippen LogP contribution in [-0.2, 0) is 12.1 Å². The van der Waals surface area contributed by atoms with Crippen LogP contribution in [0.1, 0.15) is 12.5 Å². The molecule has 19 heavy (non-hydrogen) atoms. The number of aliphatic hydroxyl groups is 1. The molecule has 0 aliphatic carbocycles. The van der Waals surface area contributed by atoms with E-state index in [0.29, 0.717) is 17.6 Å². The maximum atomic E-state index is 13.8. The highest BCUT2D eigenvalue weighted by Gasteiger charge is 2.41. The first-order chi connectivity index (χ1) is 8.84. The van der Waals surface area contributed by atoms with Gasteiger partial charge < -0.3 is 14.6 Å². The number of benzene rings is 1. The largest absolute Gasteiger partial charge is 0.384 e. The molecule has 0 fully saturated rings. The highest BCUT2D eigenvalue weighted by atomic mass is 19.2. The molecule has 3 rings (SSSR count). The Labute approximate surface area is 110 Å². The zero-order valence-electron chi connectivity index (χ0n) is 11.1. The molecule has 5 heteroatoms. The second kappa shape index (κ2) is 3.77. The van der Waals surface area contributed by atoms with Crippen LogP contribution in [0.25, 0.3) is 10.9 Å². The van der Waals surface area contributed by atoms with Gasteiger partial charge in [0.2, 0.25) is 0 Å². The van der Waals surface area contributed by atoms with Crippen LogP contribution in [0.3, 0.4) is 0 Å². The van der Waals surface area contributed by atoms with Gasteiger partial charge in [-0.15, -0.1) is 0 Å². The molecular formula is C14H16F2N2O. The van der Waals surface area contributed by atoms with Gasteiger partial charge in [-0.05, 0) is 33.2 Å². The molecule has 102 valence electrons. The van der Waals surface area contributed by atoms with E-state index < -0.39 is 17.2 Å². The highest BCUT2D eigenvalue weighted by molar-refractivity contribution is 5.85. The van der Waals surface area contributed by atoms with Gasteiger partial charge in [0.1, 0.15) is 5.60 Å². The highest BCUT2D eigenvalue weighted by Crippen LogP contribution is 2.39. The maximum Gasteiger partial charge on any atom is 0.168 e. The SMILES string of the molecule is CN(C)[C@@H]1Cn2ccc3c(F)c(F)cc(c32)C1(C)O. The van der Waals surface area contributed by atoms with Crippen molar-refractivity contribution in [1.29, 1.82) is 0 Å². The van der Waals surface area contributed by atoms with E-state index in [9.17, 15) is 13.9 Å². The van der Waals surface area contributed by atoms with Crippen molar-refractivity contribution in [2.24, 2.45) is 0 Å². The molecule has 0 spiro atoms. The van der Waals surface area contributed by atoms with Crippen molar-refractivity contribution in [3.8, 4) is 0 Å². The van der Waals surface area contributed by atoms with Crippen LogP contribution >= 0.6 is 0 Å². The zero-order valence-corrected chi connectivity index (χ0v) is 11.1. The van der Waals surface area contributed by atoms with Crippen LogP contribution in [0.2, 0.25) is 0 Å². The molecule has 0 radical (unpaired) electrons. The lowest BCUT2D eigenvalue weighted by molar-refractivity contribution is -0.0336. The van der Waals surface area contributed by atoms with E-state index in [0.717, 1.165) is 6.07 Å². The van der Waals surface area contributed by atoms with Crippen LogP contribution in [0.5, 0.6) is 0 Å². The summed E-state index contributed by atoms with van der Waals surface area (Å²) < 4.78 is 29.3. The van der Waals surface area contributed by atoms with Crippen molar-refractivity contribution in [2.75, 3.05) is 14.1 Å². The third-order valence-corrected chi connectivity index (χ3v) is 4.12. The zero-order chi connectivity index (χ0) is 13.9. The molecule has 2 atom stereocenters. The lowest BCUT2D eigenvalue weighted by Crippen LogP contribution is -2.51. The fraction of sp³-hybridized carbons (Fsp3) is 0.429. The Kier molecular flexibility index (Phi) is 2.50. The van der Waals surface area contributed by atoms with Crippen molar-refractivity contribution in [3.63, 3.8) is 0 Å². The third-order valence-electron chi connectivity index (χ3n) is 4.12. The van der Waals surface area contributed by atoms with E-state index in [-0.39, 0.29) is 11.4 Å². The monoisotopic (exact) mass is 266 g/mol. The lowest BCUT2D eigenvalue weighted by Gasteiger charge is -2.42. The Balaban J connectivity index is 2.36. The molecule has 0 bridgehead atoms. The van der Waals surface area contributed by atoms with E-state index in [1.54, 1.807) is 19.2 Å². The molecule has 0 saturated carbocycles. The maximum absolute atomic E-state index is 13.8. The summed E-state index contributed by atoms with van der Waals surface area (Å²) in [5.41, 5.74) is -0.191. The van der Waals surface area contributed by atoms with Gasteiger partial charge in [0, 0.05) is 23.7 Å². The summed E-state index contributed by atoms with van der Waals surface area (Å²) in [4.78, 5) is 1.90. The number of hydrogen-bond donors (Lipinski definition) is 1. The van der Waals surface area contributed by atoms with E-state index in [2.05, 4.69) is 0 Å². The summed E-state index contributed by atoms with van der Waals surface area (Å²) >= 11 is 0. The minimum atomic E-state index is -1.22. The van der Waals surface area contributed by atoms with E-state index in [4.69, 9.17) is 0 Å². The lowest BCUT2D eigenvalue weighted by atomic mass is 9.83. The third kappa shape index (κ3) is 1.55. The second-order valence-electron chi connectivity index (χ2n) is 5.58. The topological polar surface area (TPSA) is 28.4 Å². The van der Waals surface area contributed by atoms with E-state index in [1.165, 1.54) is 0 Å². The molecular weight excluding hydrogens is 250 g/mol. The van der Waals surface area contributed by atoms with Gasteiger partial charge in [-0.3, -0.25) is 0 Å². The van der Waals surface area contributed by atoms with E-state index >= 15 is 0 Å². The molecule has 1 aromatic heterocycles. The minimum Gasteiger partial charge on any atom is -0.384 e. The summed E-state index contributed by atoms with van der Waals surface area (Å²) in [6, 6.07) is 2.48. The molecule has 1 aromatic carbocycles. The predicted molar refractivity (Wildman–Crippen MR) is 68.9 cm³/mol. The summed E-state index contributed by atoms with van der Waals surface area (Å²) in [6.07, 6.45) is 1.74. The van der Waals surface area contributed by atoms with Gasteiger partial charge in [0.25, 0.3) is 0 Å². The van der Waals surface area contributed by atoms with Crippen LogP contribution < -0.4 is 0 Å². The quantitative estimate of drug-likeness (QED) is 0.856. The van der Waals surface area contributed by atoms with Gasteiger partial charge >= 0.3 is 0 Å². The second-order valence-corrected chi connectivity index (χ2v) is 5.58. The first-order valence-corrected chi connectivity index (χ1v) is 6.20. The predicted octanol–water partition coefficient (Wildman–Crippen LogP) is 2.07. The number of hydrogen-bond acceptors (Lipinski definition) is 2. The number of rotatable bonds is 1. The summed E-state index contributed by atoms with van der Waals surface area (Å²) in [5, 5.41) is 11.0.